The number of nitrogens with zero attached hydrogens (tertiary/aromatic N) is 1. The monoisotopic (exact) mass is 405 g/mol. The predicted molar refractivity (Wildman–Crippen MR) is 103 cm³/mol. The number of esters is 1. The molecule has 150 valence electrons. The van der Waals surface area contributed by atoms with Crippen LogP contribution < -0.4 is 4.74 Å². The zero-order chi connectivity index (χ0) is 20.3. The highest BCUT2D eigenvalue weighted by atomic mass is 32.2. The Morgan fingerprint density at radius 2 is 1.86 bits per heavy atom. The van der Waals surface area contributed by atoms with Gasteiger partial charge in [-0.2, -0.15) is 0 Å². The Morgan fingerprint density at radius 1 is 1.14 bits per heavy atom. The summed E-state index contributed by atoms with van der Waals surface area (Å²) in [7, 11) is -3.03. The third-order valence-electron chi connectivity index (χ3n) is 4.82. The molecule has 2 aromatic rings. The maximum absolute atomic E-state index is 12.5. The molecule has 8 heteroatoms. The second kappa shape index (κ2) is 8.18. The van der Waals surface area contributed by atoms with Gasteiger partial charge in [0.15, 0.2) is 23.1 Å². The maximum Gasteiger partial charge on any atom is 0.344 e. The minimum atomic E-state index is -3.03. The first kappa shape index (κ1) is 20.1. The molecule has 1 aliphatic rings. The van der Waals surface area contributed by atoms with Gasteiger partial charge in [-0.3, -0.25) is 4.79 Å². The van der Waals surface area contributed by atoms with Gasteiger partial charge >= 0.3 is 5.97 Å². The van der Waals surface area contributed by atoms with Gasteiger partial charge in [-0.25, -0.2) is 13.2 Å². The number of hydrogen-bond donors (Lipinski definition) is 0. The molecule has 2 heterocycles. The third-order valence-corrected chi connectivity index (χ3v) is 6.57. The van der Waals surface area contributed by atoms with Crippen molar-refractivity contribution in [3.8, 4) is 5.75 Å². The fourth-order valence-corrected chi connectivity index (χ4v) is 5.22. The Bertz CT molecular complexity index is 978. The minimum absolute atomic E-state index is 0.0861. The average Bonchev–Trinajstić information content (AvgIpc) is 3.16. The fourth-order valence-electron chi connectivity index (χ4n) is 3.52. The fraction of sp³-hybridized carbons (Fsp3) is 0.400. The summed E-state index contributed by atoms with van der Waals surface area (Å²) in [4.78, 5) is 24.3. The van der Waals surface area contributed by atoms with E-state index in [0.717, 1.165) is 5.69 Å². The minimum Gasteiger partial charge on any atom is -0.482 e. The van der Waals surface area contributed by atoms with Gasteiger partial charge < -0.3 is 14.0 Å². The van der Waals surface area contributed by atoms with Crippen LogP contribution in [0.3, 0.4) is 0 Å². The highest BCUT2D eigenvalue weighted by Crippen LogP contribution is 2.29. The van der Waals surface area contributed by atoms with Crippen molar-refractivity contribution in [3.63, 3.8) is 0 Å². The summed E-state index contributed by atoms with van der Waals surface area (Å²) in [6, 6.07) is 10.4. The van der Waals surface area contributed by atoms with Gasteiger partial charge in [-0.1, -0.05) is 18.2 Å². The molecule has 1 atom stereocenters. The number of ketones is 1. The molecule has 1 aromatic heterocycles. The summed E-state index contributed by atoms with van der Waals surface area (Å²) in [5, 5.41) is 0. The number of sulfone groups is 1. The first-order valence-electron chi connectivity index (χ1n) is 9.02. The zero-order valence-electron chi connectivity index (χ0n) is 15.9. The van der Waals surface area contributed by atoms with Gasteiger partial charge in [0.2, 0.25) is 5.78 Å². The summed E-state index contributed by atoms with van der Waals surface area (Å²) in [5.74, 6) is -0.165. The first-order valence-corrected chi connectivity index (χ1v) is 10.8. The molecule has 0 aliphatic carbocycles. The van der Waals surface area contributed by atoms with Gasteiger partial charge in [0, 0.05) is 23.0 Å². The molecular weight excluding hydrogens is 382 g/mol. The van der Waals surface area contributed by atoms with Gasteiger partial charge in [0.1, 0.15) is 5.75 Å². The van der Waals surface area contributed by atoms with Gasteiger partial charge in [0.25, 0.3) is 0 Å². The van der Waals surface area contributed by atoms with E-state index < -0.39 is 15.8 Å². The molecule has 1 saturated heterocycles. The molecule has 0 saturated carbocycles. The van der Waals surface area contributed by atoms with Crippen molar-refractivity contribution in [2.75, 3.05) is 24.7 Å². The van der Waals surface area contributed by atoms with Crippen LogP contribution in [0.25, 0.3) is 0 Å². The number of aryl methyl sites for hydroxylation is 1. The summed E-state index contributed by atoms with van der Waals surface area (Å²) < 4.78 is 35.8. The summed E-state index contributed by atoms with van der Waals surface area (Å²) in [5.41, 5.74) is 1.96. The molecule has 0 N–H and O–H groups in total. The molecule has 1 aliphatic heterocycles. The largest absolute Gasteiger partial charge is 0.482 e. The number of rotatable bonds is 7. The molecule has 28 heavy (non-hydrogen) atoms. The summed E-state index contributed by atoms with van der Waals surface area (Å²) in [6.45, 7) is 2.96. The Hall–Kier alpha value is -2.61. The Kier molecular flexibility index (Phi) is 5.88. The summed E-state index contributed by atoms with van der Waals surface area (Å²) in [6.07, 6.45) is 0.540. The predicted octanol–water partition coefficient (Wildman–Crippen LogP) is 2.27. The van der Waals surface area contributed by atoms with Crippen molar-refractivity contribution in [2.45, 2.75) is 26.3 Å². The SMILES string of the molecule is Cc1cc(C(=O)COC(=O)COc2ccccc2)c(C)n1[C@@H]1CCS(=O)(=O)C1. The van der Waals surface area contributed by atoms with E-state index in [4.69, 9.17) is 9.47 Å². The van der Waals surface area contributed by atoms with Crippen LogP contribution in [0.2, 0.25) is 0 Å². The Balaban J connectivity index is 1.59. The smallest absolute Gasteiger partial charge is 0.344 e. The molecule has 0 radical (unpaired) electrons. The molecule has 1 aromatic carbocycles. The van der Waals surface area contributed by atoms with Crippen LogP contribution in [-0.4, -0.2) is 49.5 Å². The number of carbonyl (C=O) groups is 2. The van der Waals surface area contributed by atoms with Crippen LogP contribution >= 0.6 is 0 Å². The molecule has 7 nitrogen and oxygen atoms in total. The van der Waals surface area contributed by atoms with Crippen molar-refractivity contribution in [2.24, 2.45) is 0 Å². The van der Waals surface area contributed by atoms with Crippen LogP contribution in [-0.2, 0) is 19.4 Å². The number of Topliss-reactive ketones (excluding diaryl/α,β-unsaturated/α-hetero) is 1. The average molecular weight is 405 g/mol. The van der Waals surface area contributed by atoms with E-state index in [1.165, 1.54) is 0 Å². The molecule has 1 fully saturated rings. The highest BCUT2D eigenvalue weighted by molar-refractivity contribution is 7.91. The van der Waals surface area contributed by atoms with Crippen molar-refractivity contribution in [1.82, 2.24) is 4.57 Å². The molecule has 0 amide bonds. The van der Waals surface area contributed by atoms with E-state index in [9.17, 15) is 18.0 Å². The normalized spacial score (nSPS) is 18.0. The molecular formula is C20H23NO6S. The number of para-hydroxylation sites is 1. The lowest BCUT2D eigenvalue weighted by Gasteiger charge is -2.16. The van der Waals surface area contributed by atoms with Crippen molar-refractivity contribution >= 4 is 21.6 Å². The van der Waals surface area contributed by atoms with Gasteiger partial charge in [0.05, 0.1) is 11.5 Å². The van der Waals surface area contributed by atoms with Crippen molar-refractivity contribution in [1.29, 1.82) is 0 Å². The second-order valence-electron chi connectivity index (χ2n) is 6.90. The van der Waals surface area contributed by atoms with Crippen LogP contribution in [0.4, 0.5) is 0 Å². The highest BCUT2D eigenvalue weighted by Gasteiger charge is 2.31. The van der Waals surface area contributed by atoms with Gasteiger partial charge in [-0.05, 0) is 38.5 Å². The molecule has 0 spiro atoms. The number of benzene rings is 1. The van der Waals surface area contributed by atoms with Crippen molar-refractivity contribution in [3.05, 3.63) is 53.3 Å². The van der Waals surface area contributed by atoms with E-state index in [1.807, 2.05) is 17.6 Å². The Morgan fingerprint density at radius 3 is 2.50 bits per heavy atom. The maximum atomic E-state index is 12.5. The zero-order valence-corrected chi connectivity index (χ0v) is 16.7. The van der Waals surface area contributed by atoms with Crippen LogP contribution in [0.5, 0.6) is 5.75 Å². The van der Waals surface area contributed by atoms with Gasteiger partial charge in [-0.15, -0.1) is 0 Å². The lowest BCUT2D eigenvalue weighted by molar-refractivity contribution is -0.144. The number of ether oxygens (including phenoxy) is 2. The third kappa shape index (κ3) is 4.62. The molecule has 3 rings (SSSR count). The Labute approximate surface area is 164 Å². The van der Waals surface area contributed by atoms with E-state index >= 15 is 0 Å². The summed E-state index contributed by atoms with van der Waals surface area (Å²) >= 11 is 0. The number of carbonyl (C=O) groups excluding carboxylic acids is 2. The molecule has 0 bridgehead atoms. The lowest BCUT2D eigenvalue weighted by Crippen LogP contribution is -2.20. The van der Waals surface area contributed by atoms with Crippen LogP contribution in [0.1, 0.15) is 34.2 Å². The number of aromatic nitrogens is 1. The van der Waals surface area contributed by atoms with E-state index in [-0.39, 0.29) is 36.5 Å². The standard InChI is InChI=1S/C20H23NO6S/c1-14-10-18(15(2)21(14)16-8-9-28(24,25)13-16)19(22)11-27-20(23)12-26-17-6-4-3-5-7-17/h3-7,10,16H,8-9,11-13H2,1-2H3/t16-/m1/s1. The van der Waals surface area contributed by atoms with Crippen molar-refractivity contribution < 1.29 is 27.5 Å². The molecule has 0 unspecified atom stereocenters. The topological polar surface area (TPSA) is 91.7 Å². The van der Waals surface area contributed by atoms with E-state index in [2.05, 4.69) is 0 Å². The lowest BCUT2D eigenvalue weighted by atomic mass is 10.1. The van der Waals surface area contributed by atoms with Crippen LogP contribution in [0.15, 0.2) is 36.4 Å². The van der Waals surface area contributed by atoms with E-state index in [0.29, 0.717) is 23.4 Å². The second-order valence-corrected chi connectivity index (χ2v) is 9.13. The number of hydrogen-bond acceptors (Lipinski definition) is 6. The quantitative estimate of drug-likeness (QED) is 0.518. The van der Waals surface area contributed by atoms with E-state index in [1.54, 1.807) is 37.3 Å². The van der Waals surface area contributed by atoms with Crippen LogP contribution in [0, 0.1) is 13.8 Å². The first-order chi connectivity index (χ1) is 13.3.